The molecule has 2 aromatic rings. The van der Waals surface area contributed by atoms with Crippen molar-refractivity contribution in [3.63, 3.8) is 0 Å². The SMILES string of the molecule is CC(=O)c1ccc(Oc2cc(C)[nH]n2)cc1Br. The molecule has 0 fully saturated rings. The lowest BCUT2D eigenvalue weighted by Gasteiger charge is -2.04. The molecular formula is C12H11BrN2O2. The van der Waals surface area contributed by atoms with Crippen LogP contribution in [0.25, 0.3) is 0 Å². The summed E-state index contributed by atoms with van der Waals surface area (Å²) in [6.07, 6.45) is 0. The molecule has 0 saturated heterocycles. The summed E-state index contributed by atoms with van der Waals surface area (Å²) in [5, 5.41) is 6.76. The second-order valence-corrected chi connectivity index (χ2v) is 4.54. The van der Waals surface area contributed by atoms with E-state index < -0.39 is 0 Å². The molecule has 88 valence electrons. The predicted octanol–water partition coefficient (Wildman–Crippen LogP) is 3.48. The van der Waals surface area contributed by atoms with Gasteiger partial charge in [0.25, 0.3) is 0 Å². The Hall–Kier alpha value is -1.62. The van der Waals surface area contributed by atoms with Gasteiger partial charge in [0.1, 0.15) is 5.75 Å². The standard InChI is InChI=1S/C12H11BrN2O2/c1-7-5-12(15-14-7)17-9-3-4-10(8(2)16)11(13)6-9/h3-6H,1-2H3,(H,14,15). The average molecular weight is 295 g/mol. The van der Waals surface area contributed by atoms with Gasteiger partial charge in [-0.05, 0) is 48.0 Å². The maximum atomic E-state index is 11.3. The van der Waals surface area contributed by atoms with Crippen LogP contribution in [0.15, 0.2) is 28.7 Å². The molecule has 4 nitrogen and oxygen atoms in total. The molecule has 0 atom stereocenters. The number of nitrogens with one attached hydrogen (secondary N) is 1. The van der Waals surface area contributed by atoms with Crippen LogP contribution in [0.2, 0.25) is 0 Å². The molecule has 0 saturated carbocycles. The summed E-state index contributed by atoms with van der Waals surface area (Å²) >= 11 is 3.34. The number of aryl methyl sites for hydroxylation is 1. The second kappa shape index (κ2) is 4.71. The van der Waals surface area contributed by atoms with Gasteiger partial charge in [0.15, 0.2) is 5.78 Å². The molecule has 0 amide bonds. The van der Waals surface area contributed by atoms with Gasteiger partial charge >= 0.3 is 0 Å². The molecule has 2 rings (SSSR count). The molecule has 1 N–H and O–H groups in total. The molecule has 0 aliphatic carbocycles. The Morgan fingerprint density at radius 1 is 1.41 bits per heavy atom. The number of nitrogens with zero attached hydrogens (tertiary/aromatic N) is 1. The van der Waals surface area contributed by atoms with E-state index in [1.54, 1.807) is 24.3 Å². The molecule has 0 aliphatic rings. The number of ether oxygens (including phenoxy) is 1. The van der Waals surface area contributed by atoms with Gasteiger partial charge in [-0.1, -0.05) is 0 Å². The van der Waals surface area contributed by atoms with Crippen LogP contribution >= 0.6 is 15.9 Å². The number of hydrogen-bond donors (Lipinski definition) is 1. The van der Waals surface area contributed by atoms with E-state index >= 15 is 0 Å². The molecule has 0 aliphatic heterocycles. The maximum Gasteiger partial charge on any atom is 0.238 e. The number of rotatable bonds is 3. The highest BCUT2D eigenvalue weighted by molar-refractivity contribution is 9.10. The van der Waals surface area contributed by atoms with E-state index in [2.05, 4.69) is 26.1 Å². The predicted molar refractivity (Wildman–Crippen MR) is 67.5 cm³/mol. The number of carbonyl (C=O) groups is 1. The molecule has 0 spiro atoms. The smallest absolute Gasteiger partial charge is 0.238 e. The van der Waals surface area contributed by atoms with Crippen LogP contribution < -0.4 is 4.74 Å². The van der Waals surface area contributed by atoms with E-state index in [1.165, 1.54) is 6.92 Å². The van der Waals surface area contributed by atoms with Gasteiger partial charge in [-0.25, -0.2) is 0 Å². The second-order valence-electron chi connectivity index (χ2n) is 3.69. The maximum absolute atomic E-state index is 11.3. The van der Waals surface area contributed by atoms with Crippen LogP contribution in [0, 0.1) is 6.92 Å². The van der Waals surface area contributed by atoms with Crippen molar-refractivity contribution in [3.8, 4) is 11.6 Å². The van der Waals surface area contributed by atoms with Gasteiger partial charge in [0.05, 0.1) is 0 Å². The van der Waals surface area contributed by atoms with E-state index in [1.807, 2.05) is 6.92 Å². The van der Waals surface area contributed by atoms with Crippen LogP contribution in [0.5, 0.6) is 11.6 Å². The van der Waals surface area contributed by atoms with E-state index in [-0.39, 0.29) is 5.78 Å². The minimum atomic E-state index is 0.0130. The summed E-state index contributed by atoms with van der Waals surface area (Å²) in [7, 11) is 0. The van der Waals surface area contributed by atoms with E-state index in [0.717, 1.165) is 10.2 Å². The van der Waals surface area contributed by atoms with Gasteiger partial charge in [-0.3, -0.25) is 9.89 Å². The number of ketones is 1. The minimum absolute atomic E-state index is 0.0130. The Bertz CT molecular complexity index is 563. The summed E-state index contributed by atoms with van der Waals surface area (Å²) in [4.78, 5) is 11.3. The lowest BCUT2D eigenvalue weighted by Crippen LogP contribution is -1.94. The fourth-order valence-corrected chi connectivity index (χ4v) is 2.05. The highest BCUT2D eigenvalue weighted by atomic mass is 79.9. The van der Waals surface area contributed by atoms with Gasteiger partial charge in [0, 0.05) is 21.8 Å². The number of hydrogen-bond acceptors (Lipinski definition) is 3. The number of halogens is 1. The monoisotopic (exact) mass is 294 g/mol. The van der Waals surface area contributed by atoms with Crippen molar-refractivity contribution in [3.05, 3.63) is 40.0 Å². The molecule has 0 radical (unpaired) electrons. The van der Waals surface area contributed by atoms with Crippen molar-refractivity contribution in [2.45, 2.75) is 13.8 Å². The lowest BCUT2D eigenvalue weighted by atomic mass is 10.1. The third-order valence-corrected chi connectivity index (χ3v) is 2.88. The molecule has 1 heterocycles. The van der Waals surface area contributed by atoms with E-state index in [0.29, 0.717) is 17.2 Å². The Balaban J connectivity index is 2.23. The summed E-state index contributed by atoms with van der Waals surface area (Å²) in [6.45, 7) is 3.42. The number of H-pyrrole nitrogens is 1. The Kier molecular flexibility index (Phi) is 3.28. The van der Waals surface area contributed by atoms with Gasteiger partial charge in [-0.2, -0.15) is 0 Å². The van der Waals surface area contributed by atoms with Crippen molar-refractivity contribution in [2.24, 2.45) is 0 Å². The molecule has 5 heteroatoms. The number of Topliss-reactive ketones (excluding diaryl/α,β-unsaturated/α-hetero) is 1. The zero-order chi connectivity index (χ0) is 12.4. The molecule has 0 unspecified atom stereocenters. The third kappa shape index (κ3) is 2.74. The molecule has 1 aromatic heterocycles. The first-order valence-corrected chi connectivity index (χ1v) is 5.86. The Labute approximate surface area is 107 Å². The minimum Gasteiger partial charge on any atom is -0.438 e. The van der Waals surface area contributed by atoms with Crippen molar-refractivity contribution in [1.29, 1.82) is 0 Å². The third-order valence-electron chi connectivity index (χ3n) is 2.22. The molecular weight excluding hydrogens is 284 g/mol. The highest BCUT2D eigenvalue weighted by Gasteiger charge is 2.07. The van der Waals surface area contributed by atoms with Crippen molar-refractivity contribution in [2.75, 3.05) is 0 Å². The summed E-state index contributed by atoms with van der Waals surface area (Å²) in [5.74, 6) is 1.15. The summed E-state index contributed by atoms with van der Waals surface area (Å²) < 4.78 is 6.25. The number of aromatic amines is 1. The normalized spacial score (nSPS) is 10.3. The number of carbonyl (C=O) groups excluding carboxylic acids is 1. The summed E-state index contributed by atoms with van der Waals surface area (Å²) in [5.41, 5.74) is 1.56. The van der Waals surface area contributed by atoms with Gasteiger partial charge < -0.3 is 4.74 Å². The topological polar surface area (TPSA) is 55.0 Å². The van der Waals surface area contributed by atoms with Crippen molar-refractivity contribution in [1.82, 2.24) is 10.2 Å². The zero-order valence-electron chi connectivity index (χ0n) is 9.45. The largest absolute Gasteiger partial charge is 0.438 e. The van der Waals surface area contributed by atoms with Crippen LogP contribution in [-0.2, 0) is 0 Å². The summed E-state index contributed by atoms with van der Waals surface area (Å²) in [6, 6.07) is 7.01. The van der Waals surface area contributed by atoms with Crippen molar-refractivity contribution >= 4 is 21.7 Å². The van der Waals surface area contributed by atoms with Crippen LogP contribution in [0.4, 0.5) is 0 Å². The number of aromatic nitrogens is 2. The van der Waals surface area contributed by atoms with Crippen LogP contribution in [0.1, 0.15) is 23.0 Å². The van der Waals surface area contributed by atoms with Crippen LogP contribution in [-0.4, -0.2) is 16.0 Å². The molecule has 17 heavy (non-hydrogen) atoms. The average Bonchev–Trinajstić information content (AvgIpc) is 2.63. The fourth-order valence-electron chi connectivity index (χ4n) is 1.41. The first-order chi connectivity index (χ1) is 8.06. The molecule has 0 bridgehead atoms. The van der Waals surface area contributed by atoms with Gasteiger partial charge in [-0.15, -0.1) is 5.10 Å². The Morgan fingerprint density at radius 2 is 2.18 bits per heavy atom. The lowest BCUT2D eigenvalue weighted by molar-refractivity contribution is 0.101. The first kappa shape index (κ1) is 11.9. The van der Waals surface area contributed by atoms with Crippen LogP contribution in [0.3, 0.4) is 0 Å². The first-order valence-electron chi connectivity index (χ1n) is 5.06. The quantitative estimate of drug-likeness (QED) is 0.882. The Morgan fingerprint density at radius 3 is 2.71 bits per heavy atom. The number of benzene rings is 1. The van der Waals surface area contributed by atoms with E-state index in [9.17, 15) is 4.79 Å². The van der Waals surface area contributed by atoms with Gasteiger partial charge in [0.2, 0.25) is 5.88 Å². The highest BCUT2D eigenvalue weighted by Crippen LogP contribution is 2.26. The zero-order valence-corrected chi connectivity index (χ0v) is 11.0. The fraction of sp³-hybridized carbons (Fsp3) is 0.167. The molecule has 1 aromatic carbocycles. The van der Waals surface area contributed by atoms with E-state index in [4.69, 9.17) is 4.74 Å². The van der Waals surface area contributed by atoms with Crippen molar-refractivity contribution < 1.29 is 9.53 Å².